The zero-order valence-corrected chi connectivity index (χ0v) is 17.8. The Labute approximate surface area is 167 Å². The first-order valence-corrected chi connectivity index (χ1v) is 12.0. The van der Waals surface area contributed by atoms with Crippen LogP contribution in [0.25, 0.3) is 0 Å². The van der Waals surface area contributed by atoms with Gasteiger partial charge in [0.1, 0.15) is 0 Å². The van der Waals surface area contributed by atoms with Crippen LogP contribution in [-0.2, 0) is 24.3 Å². The summed E-state index contributed by atoms with van der Waals surface area (Å²) in [6.45, 7) is 5.85. The van der Waals surface area contributed by atoms with E-state index in [1.54, 1.807) is 36.4 Å². The van der Waals surface area contributed by atoms with Gasteiger partial charge in [0.25, 0.3) is 10.1 Å². The van der Waals surface area contributed by atoms with Crippen molar-refractivity contribution in [1.82, 2.24) is 4.31 Å². The first kappa shape index (κ1) is 21.0. The van der Waals surface area contributed by atoms with Crippen LogP contribution < -0.4 is 0 Å². The van der Waals surface area contributed by atoms with E-state index in [0.717, 1.165) is 11.1 Å². The Morgan fingerprint density at radius 2 is 1.39 bits per heavy atom. The minimum Gasteiger partial charge on any atom is -0.265 e. The van der Waals surface area contributed by atoms with Gasteiger partial charge >= 0.3 is 0 Å². The van der Waals surface area contributed by atoms with Crippen LogP contribution >= 0.6 is 0 Å². The Kier molecular flexibility index (Phi) is 5.95. The van der Waals surface area contributed by atoms with Crippen LogP contribution in [0.5, 0.6) is 0 Å². The first-order valence-electron chi connectivity index (χ1n) is 9.14. The predicted octanol–water partition coefficient (Wildman–Crippen LogP) is 3.11. The number of benzene rings is 2. The average Bonchev–Trinajstić information content (AvgIpc) is 3.02. The fourth-order valence-corrected chi connectivity index (χ4v) is 6.03. The molecule has 0 radical (unpaired) electrons. The van der Waals surface area contributed by atoms with Crippen LogP contribution in [0.15, 0.2) is 58.3 Å². The molecule has 0 saturated carbocycles. The molecule has 0 aliphatic carbocycles. The molecule has 1 heterocycles. The third kappa shape index (κ3) is 4.46. The van der Waals surface area contributed by atoms with Crippen LogP contribution in [0.3, 0.4) is 0 Å². The molecule has 28 heavy (non-hydrogen) atoms. The van der Waals surface area contributed by atoms with Crippen molar-refractivity contribution in [3.05, 3.63) is 59.7 Å². The topological polar surface area (TPSA) is 80.8 Å². The van der Waals surface area contributed by atoms with Crippen molar-refractivity contribution in [3.63, 3.8) is 0 Å². The number of hydrogen-bond donors (Lipinski definition) is 0. The lowest BCUT2D eigenvalue weighted by Crippen LogP contribution is -2.38. The standard InChI is InChI=1S/C20H25NO5S2/c1-15-4-8-19(9-5-15)27(22,23)21-13-17(3)12-18(21)14-26-28(24,25)20-10-6-16(2)7-11-20/h4-11,17-18H,12-14H2,1-3H3/t17-,18+/m0/s1. The number of aryl methyl sites for hydroxylation is 2. The van der Waals surface area contributed by atoms with Crippen molar-refractivity contribution in [2.24, 2.45) is 5.92 Å². The summed E-state index contributed by atoms with van der Waals surface area (Å²) >= 11 is 0. The molecule has 0 spiro atoms. The summed E-state index contributed by atoms with van der Waals surface area (Å²) in [6.07, 6.45) is 0.550. The van der Waals surface area contributed by atoms with E-state index in [1.165, 1.54) is 16.4 Å². The molecule has 1 aliphatic heterocycles. The third-order valence-corrected chi connectivity index (χ3v) is 8.15. The molecule has 2 atom stereocenters. The zero-order chi connectivity index (χ0) is 20.5. The van der Waals surface area contributed by atoms with Crippen molar-refractivity contribution in [3.8, 4) is 0 Å². The van der Waals surface area contributed by atoms with Crippen molar-refractivity contribution >= 4 is 20.1 Å². The Bertz CT molecular complexity index is 1030. The molecule has 1 saturated heterocycles. The summed E-state index contributed by atoms with van der Waals surface area (Å²) in [6, 6.07) is 12.5. The van der Waals surface area contributed by atoms with Crippen LogP contribution in [-0.4, -0.2) is 40.3 Å². The van der Waals surface area contributed by atoms with Gasteiger partial charge in [-0.3, -0.25) is 4.18 Å². The molecular formula is C20H25NO5S2. The number of sulfonamides is 1. The average molecular weight is 424 g/mol. The number of nitrogens with zero attached hydrogens (tertiary/aromatic N) is 1. The van der Waals surface area contributed by atoms with E-state index in [2.05, 4.69) is 0 Å². The van der Waals surface area contributed by atoms with Gasteiger partial charge in [-0.25, -0.2) is 8.42 Å². The van der Waals surface area contributed by atoms with Gasteiger partial charge in [0.2, 0.25) is 10.0 Å². The van der Waals surface area contributed by atoms with Gasteiger partial charge in [0.15, 0.2) is 0 Å². The maximum Gasteiger partial charge on any atom is 0.297 e. The second-order valence-corrected chi connectivity index (χ2v) is 10.9. The second kappa shape index (κ2) is 7.94. The summed E-state index contributed by atoms with van der Waals surface area (Å²) < 4.78 is 57.6. The molecular weight excluding hydrogens is 398 g/mol. The summed E-state index contributed by atoms with van der Waals surface area (Å²) in [5.74, 6) is 0.121. The molecule has 6 nitrogen and oxygen atoms in total. The third-order valence-electron chi connectivity index (χ3n) is 4.93. The highest BCUT2D eigenvalue weighted by Crippen LogP contribution is 2.30. The van der Waals surface area contributed by atoms with Crippen LogP contribution in [0.1, 0.15) is 24.5 Å². The quantitative estimate of drug-likeness (QED) is 0.667. The largest absolute Gasteiger partial charge is 0.297 e. The van der Waals surface area contributed by atoms with Crippen molar-refractivity contribution in [2.75, 3.05) is 13.2 Å². The molecule has 152 valence electrons. The summed E-state index contributed by atoms with van der Waals surface area (Å²) in [5.41, 5.74) is 1.91. The summed E-state index contributed by atoms with van der Waals surface area (Å²) in [5, 5.41) is 0. The minimum atomic E-state index is -3.94. The molecule has 1 aliphatic rings. The molecule has 0 amide bonds. The lowest BCUT2D eigenvalue weighted by Gasteiger charge is -2.24. The lowest BCUT2D eigenvalue weighted by atomic mass is 10.1. The smallest absolute Gasteiger partial charge is 0.265 e. The number of hydrogen-bond acceptors (Lipinski definition) is 5. The lowest BCUT2D eigenvalue weighted by molar-refractivity contribution is 0.237. The van der Waals surface area contributed by atoms with Gasteiger partial charge in [0, 0.05) is 6.54 Å². The monoisotopic (exact) mass is 423 g/mol. The van der Waals surface area contributed by atoms with Crippen molar-refractivity contribution < 1.29 is 21.0 Å². The molecule has 0 aromatic heterocycles. The fourth-order valence-electron chi connectivity index (χ4n) is 3.35. The van der Waals surface area contributed by atoms with E-state index in [9.17, 15) is 16.8 Å². The summed E-state index contributed by atoms with van der Waals surface area (Å²) in [7, 11) is -7.66. The molecule has 8 heteroatoms. The highest BCUT2D eigenvalue weighted by atomic mass is 32.2. The zero-order valence-electron chi connectivity index (χ0n) is 16.2. The SMILES string of the molecule is Cc1ccc(S(=O)(=O)OC[C@H]2C[C@H](C)CN2S(=O)(=O)c2ccc(C)cc2)cc1. The van der Waals surface area contributed by atoms with Crippen LogP contribution in [0, 0.1) is 19.8 Å². The maximum atomic E-state index is 13.1. The van der Waals surface area contributed by atoms with Gasteiger partial charge in [-0.05, 0) is 50.5 Å². The van der Waals surface area contributed by atoms with E-state index in [0.29, 0.717) is 13.0 Å². The fraction of sp³-hybridized carbons (Fsp3) is 0.400. The Morgan fingerprint density at radius 1 is 0.893 bits per heavy atom. The van der Waals surface area contributed by atoms with Crippen LogP contribution in [0.4, 0.5) is 0 Å². The van der Waals surface area contributed by atoms with Crippen molar-refractivity contribution in [1.29, 1.82) is 0 Å². The second-order valence-electron chi connectivity index (χ2n) is 7.43. The van der Waals surface area contributed by atoms with E-state index in [1.807, 2.05) is 20.8 Å². The highest BCUT2D eigenvalue weighted by molar-refractivity contribution is 7.89. The van der Waals surface area contributed by atoms with E-state index in [4.69, 9.17) is 4.18 Å². The van der Waals surface area contributed by atoms with Gasteiger partial charge in [0.05, 0.1) is 22.4 Å². The highest BCUT2D eigenvalue weighted by Gasteiger charge is 2.39. The Hall–Kier alpha value is -1.74. The van der Waals surface area contributed by atoms with Gasteiger partial charge < -0.3 is 0 Å². The minimum absolute atomic E-state index is 0.0667. The molecule has 0 bridgehead atoms. The van der Waals surface area contributed by atoms with Crippen molar-refractivity contribution in [2.45, 2.75) is 43.0 Å². The van der Waals surface area contributed by atoms with Gasteiger partial charge in [-0.2, -0.15) is 12.7 Å². The normalized spacial score (nSPS) is 21.1. The molecule has 2 aromatic carbocycles. The van der Waals surface area contributed by atoms with E-state index < -0.39 is 26.2 Å². The van der Waals surface area contributed by atoms with E-state index >= 15 is 0 Å². The Balaban J connectivity index is 1.79. The molecule has 0 unspecified atom stereocenters. The van der Waals surface area contributed by atoms with Gasteiger partial charge in [-0.1, -0.05) is 42.3 Å². The predicted molar refractivity (Wildman–Crippen MR) is 107 cm³/mol. The molecule has 2 aromatic rings. The molecule has 1 fully saturated rings. The summed E-state index contributed by atoms with van der Waals surface area (Å²) in [4.78, 5) is 0.274. The van der Waals surface area contributed by atoms with E-state index in [-0.39, 0.29) is 22.3 Å². The maximum absolute atomic E-state index is 13.1. The van der Waals surface area contributed by atoms with Crippen LogP contribution in [0.2, 0.25) is 0 Å². The molecule has 3 rings (SSSR count). The molecule has 0 N–H and O–H groups in total. The van der Waals surface area contributed by atoms with Gasteiger partial charge in [-0.15, -0.1) is 0 Å². The Morgan fingerprint density at radius 3 is 1.93 bits per heavy atom. The number of rotatable bonds is 6. The first-order chi connectivity index (χ1) is 13.1.